The first kappa shape index (κ1) is 16.4. The Morgan fingerprint density at radius 3 is 2.68 bits per heavy atom. The number of likely N-dealkylation sites (tertiary alicyclic amines) is 1. The van der Waals surface area contributed by atoms with E-state index in [0.29, 0.717) is 19.8 Å². The number of ether oxygens (including phenoxy) is 2. The number of carbonyl (C=O) groups is 1. The van der Waals surface area contributed by atoms with Gasteiger partial charge in [0.1, 0.15) is 0 Å². The molecule has 1 saturated heterocycles. The topological polar surface area (TPSA) is 79.2 Å². The predicted molar refractivity (Wildman–Crippen MR) is 69.8 cm³/mol. The van der Waals surface area contributed by atoms with Crippen LogP contribution < -0.4 is 0 Å². The summed E-state index contributed by atoms with van der Waals surface area (Å²) in [6.45, 7) is 4.71. The number of piperidine rings is 1. The molecule has 0 saturated carbocycles. The van der Waals surface area contributed by atoms with Crippen LogP contribution in [-0.4, -0.2) is 72.7 Å². The summed E-state index contributed by atoms with van der Waals surface area (Å²) in [5.74, 6) is -0.351. The lowest BCUT2D eigenvalue weighted by Gasteiger charge is -2.32. The van der Waals surface area contributed by atoms with Crippen LogP contribution in [0.2, 0.25) is 0 Å². The number of hydrogen-bond acceptors (Lipinski definition) is 6. The second-order valence-corrected chi connectivity index (χ2v) is 4.76. The lowest BCUT2D eigenvalue weighted by atomic mass is 10.1. The van der Waals surface area contributed by atoms with Gasteiger partial charge in [0.25, 0.3) is 0 Å². The van der Waals surface area contributed by atoms with E-state index in [1.807, 2.05) is 0 Å². The molecule has 0 aromatic rings. The molecule has 0 spiro atoms. The van der Waals surface area contributed by atoms with Crippen LogP contribution in [0.1, 0.15) is 26.2 Å². The van der Waals surface area contributed by atoms with Gasteiger partial charge in [0.2, 0.25) is 0 Å². The summed E-state index contributed by atoms with van der Waals surface area (Å²) >= 11 is 0. The number of rotatable bonds is 8. The number of esters is 1. The van der Waals surface area contributed by atoms with Crippen molar-refractivity contribution in [3.05, 3.63) is 0 Å². The molecule has 1 rings (SSSR count). The molecular weight excluding hydrogens is 250 g/mol. The SMILES string of the molecule is CCOC(=O)CC(O)CN1CCC(OCCO)CC1. The number of aliphatic hydroxyl groups is 2. The van der Waals surface area contributed by atoms with E-state index < -0.39 is 6.10 Å². The second-order valence-electron chi connectivity index (χ2n) is 4.76. The highest BCUT2D eigenvalue weighted by Gasteiger charge is 2.22. The summed E-state index contributed by atoms with van der Waals surface area (Å²) in [6, 6.07) is 0. The van der Waals surface area contributed by atoms with Crippen molar-refractivity contribution < 1.29 is 24.5 Å². The Labute approximate surface area is 114 Å². The van der Waals surface area contributed by atoms with Crippen LogP contribution in [0.25, 0.3) is 0 Å². The van der Waals surface area contributed by atoms with Crippen molar-refractivity contribution >= 4 is 5.97 Å². The monoisotopic (exact) mass is 275 g/mol. The fraction of sp³-hybridized carbons (Fsp3) is 0.923. The normalized spacial score (nSPS) is 19.3. The molecule has 19 heavy (non-hydrogen) atoms. The molecule has 6 heteroatoms. The highest BCUT2D eigenvalue weighted by molar-refractivity contribution is 5.69. The molecule has 6 nitrogen and oxygen atoms in total. The molecule has 2 N–H and O–H groups in total. The van der Waals surface area contributed by atoms with Crippen molar-refractivity contribution in [1.29, 1.82) is 0 Å². The lowest BCUT2D eigenvalue weighted by molar-refractivity contribution is -0.145. The number of carbonyl (C=O) groups excluding carboxylic acids is 1. The molecule has 0 amide bonds. The minimum atomic E-state index is -0.672. The number of β-amino-alcohol motifs (C(OH)–C–C–N with tert-alkyl or cyclic N) is 1. The third-order valence-electron chi connectivity index (χ3n) is 3.16. The Kier molecular flexibility index (Phi) is 7.97. The minimum Gasteiger partial charge on any atom is -0.466 e. The van der Waals surface area contributed by atoms with Crippen molar-refractivity contribution in [3.63, 3.8) is 0 Å². The molecule has 0 radical (unpaired) electrons. The third kappa shape index (κ3) is 6.87. The Morgan fingerprint density at radius 1 is 1.42 bits per heavy atom. The van der Waals surface area contributed by atoms with Gasteiger partial charge in [-0.15, -0.1) is 0 Å². The maximum atomic E-state index is 11.2. The van der Waals surface area contributed by atoms with Crippen LogP contribution in [0, 0.1) is 0 Å². The molecular formula is C13H25NO5. The van der Waals surface area contributed by atoms with Crippen molar-refractivity contribution in [2.45, 2.75) is 38.4 Å². The van der Waals surface area contributed by atoms with E-state index in [2.05, 4.69) is 4.90 Å². The van der Waals surface area contributed by atoms with E-state index in [1.54, 1.807) is 6.92 Å². The van der Waals surface area contributed by atoms with E-state index in [1.165, 1.54) is 0 Å². The maximum Gasteiger partial charge on any atom is 0.308 e. The third-order valence-corrected chi connectivity index (χ3v) is 3.16. The van der Waals surface area contributed by atoms with Gasteiger partial charge < -0.3 is 24.6 Å². The summed E-state index contributed by atoms with van der Waals surface area (Å²) in [7, 11) is 0. The summed E-state index contributed by atoms with van der Waals surface area (Å²) in [6.07, 6.45) is 1.37. The first-order chi connectivity index (χ1) is 9.15. The minimum absolute atomic E-state index is 0.0504. The largest absolute Gasteiger partial charge is 0.466 e. The quantitative estimate of drug-likeness (QED) is 0.596. The summed E-state index contributed by atoms with van der Waals surface area (Å²) in [4.78, 5) is 13.3. The highest BCUT2D eigenvalue weighted by Crippen LogP contribution is 2.14. The van der Waals surface area contributed by atoms with Crippen LogP contribution in [0.3, 0.4) is 0 Å². The summed E-state index contributed by atoms with van der Waals surface area (Å²) in [5, 5.41) is 18.5. The van der Waals surface area contributed by atoms with Gasteiger partial charge in [0.05, 0.1) is 38.4 Å². The highest BCUT2D eigenvalue weighted by atomic mass is 16.5. The van der Waals surface area contributed by atoms with Gasteiger partial charge >= 0.3 is 5.97 Å². The zero-order valence-electron chi connectivity index (χ0n) is 11.6. The molecule has 1 unspecified atom stereocenters. The molecule has 1 fully saturated rings. The molecule has 0 bridgehead atoms. The second kappa shape index (κ2) is 9.25. The fourth-order valence-electron chi connectivity index (χ4n) is 2.25. The molecule has 0 aromatic carbocycles. The van der Waals surface area contributed by atoms with Crippen molar-refractivity contribution in [3.8, 4) is 0 Å². The van der Waals surface area contributed by atoms with Gasteiger partial charge in [-0.3, -0.25) is 4.79 Å². The summed E-state index contributed by atoms with van der Waals surface area (Å²) in [5.41, 5.74) is 0. The standard InChI is InChI=1S/C13H25NO5/c1-2-18-13(17)9-11(16)10-14-5-3-12(4-6-14)19-8-7-15/h11-12,15-16H,2-10H2,1H3. The molecule has 1 aliphatic rings. The van der Waals surface area contributed by atoms with Crippen LogP contribution in [0.15, 0.2) is 0 Å². The molecule has 0 aromatic heterocycles. The van der Waals surface area contributed by atoms with Gasteiger partial charge in [0.15, 0.2) is 0 Å². The van der Waals surface area contributed by atoms with Gasteiger partial charge in [-0.2, -0.15) is 0 Å². The van der Waals surface area contributed by atoms with E-state index in [4.69, 9.17) is 14.6 Å². The Bertz CT molecular complexity index is 253. The fourth-order valence-corrected chi connectivity index (χ4v) is 2.25. The van der Waals surface area contributed by atoms with Gasteiger partial charge in [0, 0.05) is 19.6 Å². The first-order valence-corrected chi connectivity index (χ1v) is 6.94. The van der Waals surface area contributed by atoms with Crippen LogP contribution >= 0.6 is 0 Å². The van der Waals surface area contributed by atoms with Crippen LogP contribution in [0.5, 0.6) is 0 Å². The average molecular weight is 275 g/mol. The van der Waals surface area contributed by atoms with E-state index >= 15 is 0 Å². The smallest absolute Gasteiger partial charge is 0.308 e. The van der Waals surface area contributed by atoms with E-state index in [0.717, 1.165) is 25.9 Å². The van der Waals surface area contributed by atoms with Crippen LogP contribution in [-0.2, 0) is 14.3 Å². The molecule has 1 aliphatic heterocycles. The zero-order chi connectivity index (χ0) is 14.1. The van der Waals surface area contributed by atoms with E-state index in [9.17, 15) is 9.90 Å². The van der Waals surface area contributed by atoms with Crippen molar-refractivity contribution in [2.24, 2.45) is 0 Å². The first-order valence-electron chi connectivity index (χ1n) is 6.94. The molecule has 112 valence electrons. The zero-order valence-corrected chi connectivity index (χ0v) is 11.6. The van der Waals surface area contributed by atoms with Crippen LogP contribution in [0.4, 0.5) is 0 Å². The van der Waals surface area contributed by atoms with Gasteiger partial charge in [-0.05, 0) is 19.8 Å². The molecule has 1 heterocycles. The van der Waals surface area contributed by atoms with Crippen molar-refractivity contribution in [1.82, 2.24) is 4.90 Å². The maximum absolute atomic E-state index is 11.2. The number of hydrogen-bond donors (Lipinski definition) is 2. The summed E-state index contributed by atoms with van der Waals surface area (Å²) < 4.78 is 10.3. The number of aliphatic hydroxyl groups excluding tert-OH is 2. The Morgan fingerprint density at radius 2 is 2.11 bits per heavy atom. The van der Waals surface area contributed by atoms with Gasteiger partial charge in [-0.1, -0.05) is 0 Å². The molecule has 0 aliphatic carbocycles. The molecule has 1 atom stereocenters. The Balaban J connectivity index is 2.16. The lowest BCUT2D eigenvalue weighted by Crippen LogP contribution is -2.41. The van der Waals surface area contributed by atoms with E-state index in [-0.39, 0.29) is 25.1 Å². The van der Waals surface area contributed by atoms with Crippen molar-refractivity contribution in [2.75, 3.05) is 39.5 Å². The van der Waals surface area contributed by atoms with Gasteiger partial charge in [-0.25, -0.2) is 0 Å². The number of nitrogens with zero attached hydrogens (tertiary/aromatic N) is 1. The predicted octanol–water partition coefficient (Wildman–Crippen LogP) is -0.226. The Hall–Kier alpha value is -0.690. The average Bonchev–Trinajstić information content (AvgIpc) is 2.38.